The van der Waals surface area contributed by atoms with Gasteiger partial charge in [0.05, 0.1) is 5.02 Å². The zero-order valence-corrected chi connectivity index (χ0v) is 8.75. The van der Waals surface area contributed by atoms with Gasteiger partial charge in [-0.2, -0.15) is 0 Å². The van der Waals surface area contributed by atoms with E-state index in [1.165, 1.54) is 0 Å². The van der Waals surface area contributed by atoms with E-state index in [0.29, 0.717) is 16.0 Å². The standard InChI is InChI=1S/C8H10ClN3S/c1-2-10-8(13)12-7-4-3-6(9)5-11-7/h3-5H,2H2,1H3,(H2,10,11,12,13). The van der Waals surface area contributed by atoms with E-state index in [-0.39, 0.29) is 0 Å². The number of nitrogens with one attached hydrogen (secondary N) is 2. The third-order valence-corrected chi connectivity index (χ3v) is 1.78. The molecular formula is C8H10ClN3S. The van der Waals surface area contributed by atoms with Gasteiger partial charge in [-0.25, -0.2) is 4.98 Å². The molecular weight excluding hydrogens is 206 g/mol. The van der Waals surface area contributed by atoms with Gasteiger partial charge < -0.3 is 10.6 Å². The summed E-state index contributed by atoms with van der Waals surface area (Å²) >= 11 is 10.6. The van der Waals surface area contributed by atoms with E-state index in [1.54, 1.807) is 18.3 Å². The molecule has 1 rings (SSSR count). The fraction of sp³-hybridized carbons (Fsp3) is 0.250. The number of hydrogen-bond donors (Lipinski definition) is 2. The number of nitrogens with zero attached hydrogens (tertiary/aromatic N) is 1. The maximum Gasteiger partial charge on any atom is 0.171 e. The van der Waals surface area contributed by atoms with Crippen LogP contribution in [0.4, 0.5) is 5.82 Å². The van der Waals surface area contributed by atoms with Crippen LogP contribution in [0.2, 0.25) is 5.02 Å². The van der Waals surface area contributed by atoms with Gasteiger partial charge in [0.2, 0.25) is 0 Å². The molecule has 5 heteroatoms. The van der Waals surface area contributed by atoms with E-state index < -0.39 is 0 Å². The number of rotatable bonds is 2. The van der Waals surface area contributed by atoms with Crippen molar-refractivity contribution in [3.05, 3.63) is 23.4 Å². The Balaban J connectivity index is 2.54. The van der Waals surface area contributed by atoms with Gasteiger partial charge in [0.1, 0.15) is 5.82 Å². The Labute approximate surface area is 87.5 Å². The molecule has 2 N–H and O–H groups in total. The lowest BCUT2D eigenvalue weighted by molar-refractivity contribution is 0.978. The fourth-order valence-electron chi connectivity index (χ4n) is 0.771. The van der Waals surface area contributed by atoms with E-state index in [1.807, 2.05) is 6.92 Å². The number of halogens is 1. The monoisotopic (exact) mass is 215 g/mol. The molecule has 0 amide bonds. The van der Waals surface area contributed by atoms with Crippen LogP contribution in [0.5, 0.6) is 0 Å². The molecule has 1 aromatic rings. The number of pyridine rings is 1. The largest absolute Gasteiger partial charge is 0.363 e. The van der Waals surface area contributed by atoms with Gasteiger partial charge in [-0.15, -0.1) is 0 Å². The molecule has 70 valence electrons. The molecule has 0 saturated heterocycles. The normalized spacial score (nSPS) is 9.38. The molecule has 0 radical (unpaired) electrons. The first-order valence-corrected chi connectivity index (χ1v) is 4.67. The molecule has 3 nitrogen and oxygen atoms in total. The van der Waals surface area contributed by atoms with Crippen molar-refractivity contribution in [2.75, 3.05) is 11.9 Å². The van der Waals surface area contributed by atoms with Crippen molar-refractivity contribution < 1.29 is 0 Å². The first-order chi connectivity index (χ1) is 6.22. The van der Waals surface area contributed by atoms with Crippen molar-refractivity contribution in [1.29, 1.82) is 0 Å². The summed E-state index contributed by atoms with van der Waals surface area (Å²) in [6.45, 7) is 2.77. The van der Waals surface area contributed by atoms with Crippen molar-refractivity contribution in [3.63, 3.8) is 0 Å². The second-order valence-electron chi connectivity index (χ2n) is 2.35. The summed E-state index contributed by atoms with van der Waals surface area (Å²) < 4.78 is 0. The Hall–Kier alpha value is -0.870. The minimum Gasteiger partial charge on any atom is -0.363 e. The van der Waals surface area contributed by atoms with E-state index in [9.17, 15) is 0 Å². The Morgan fingerprint density at radius 1 is 1.62 bits per heavy atom. The highest BCUT2D eigenvalue weighted by atomic mass is 35.5. The van der Waals surface area contributed by atoms with Crippen molar-refractivity contribution in [2.24, 2.45) is 0 Å². The van der Waals surface area contributed by atoms with Gasteiger partial charge in [0, 0.05) is 12.7 Å². The summed E-state index contributed by atoms with van der Waals surface area (Å²) in [6.07, 6.45) is 1.57. The van der Waals surface area contributed by atoms with Crippen LogP contribution in [-0.2, 0) is 0 Å². The number of hydrogen-bond acceptors (Lipinski definition) is 2. The molecule has 0 aromatic carbocycles. The molecule has 0 unspecified atom stereocenters. The van der Waals surface area contributed by atoms with Crippen LogP contribution in [0.25, 0.3) is 0 Å². The predicted molar refractivity (Wildman–Crippen MR) is 59.1 cm³/mol. The minimum atomic E-state index is 0.567. The number of thiocarbonyl (C=S) groups is 1. The Morgan fingerprint density at radius 2 is 2.38 bits per heavy atom. The number of aromatic nitrogens is 1. The van der Waals surface area contributed by atoms with Gasteiger partial charge >= 0.3 is 0 Å². The third-order valence-electron chi connectivity index (χ3n) is 1.31. The van der Waals surface area contributed by atoms with Crippen molar-refractivity contribution in [1.82, 2.24) is 10.3 Å². The van der Waals surface area contributed by atoms with Crippen LogP contribution in [0, 0.1) is 0 Å². The van der Waals surface area contributed by atoms with E-state index in [2.05, 4.69) is 15.6 Å². The zero-order chi connectivity index (χ0) is 9.68. The first kappa shape index (κ1) is 10.2. The summed E-state index contributed by atoms with van der Waals surface area (Å²) in [5.41, 5.74) is 0. The minimum absolute atomic E-state index is 0.567. The molecule has 0 atom stereocenters. The smallest absolute Gasteiger partial charge is 0.171 e. The third kappa shape index (κ3) is 3.57. The highest BCUT2D eigenvalue weighted by molar-refractivity contribution is 7.80. The summed E-state index contributed by atoms with van der Waals surface area (Å²) in [6, 6.07) is 3.53. The molecule has 0 aliphatic heterocycles. The van der Waals surface area contributed by atoms with Crippen molar-refractivity contribution in [3.8, 4) is 0 Å². The highest BCUT2D eigenvalue weighted by Gasteiger charge is 1.96. The Morgan fingerprint density at radius 3 is 2.92 bits per heavy atom. The van der Waals surface area contributed by atoms with Crippen LogP contribution in [0.1, 0.15) is 6.92 Å². The molecule has 1 aromatic heterocycles. The quantitative estimate of drug-likeness (QED) is 0.741. The zero-order valence-electron chi connectivity index (χ0n) is 7.17. The maximum absolute atomic E-state index is 5.67. The molecule has 1 heterocycles. The SMILES string of the molecule is CCNC(=S)Nc1ccc(Cl)cn1. The van der Waals surface area contributed by atoms with Gasteiger partial charge in [0.25, 0.3) is 0 Å². The topological polar surface area (TPSA) is 37.0 Å². The lowest BCUT2D eigenvalue weighted by atomic mass is 10.4. The highest BCUT2D eigenvalue weighted by Crippen LogP contribution is 2.08. The lowest BCUT2D eigenvalue weighted by Crippen LogP contribution is -2.28. The molecule has 0 aliphatic carbocycles. The molecule has 0 fully saturated rings. The fourth-order valence-corrected chi connectivity index (χ4v) is 1.13. The average molecular weight is 216 g/mol. The van der Waals surface area contributed by atoms with Crippen LogP contribution in [0.3, 0.4) is 0 Å². The summed E-state index contributed by atoms with van der Waals surface area (Å²) in [5.74, 6) is 0.690. The first-order valence-electron chi connectivity index (χ1n) is 3.88. The maximum atomic E-state index is 5.67. The Kier molecular flexibility index (Phi) is 3.92. The van der Waals surface area contributed by atoms with Gasteiger partial charge in [0.15, 0.2) is 5.11 Å². The summed E-state index contributed by atoms with van der Waals surface area (Å²) in [4.78, 5) is 4.03. The summed E-state index contributed by atoms with van der Waals surface area (Å²) in [5, 5.41) is 7.05. The summed E-state index contributed by atoms with van der Waals surface area (Å²) in [7, 11) is 0. The van der Waals surface area contributed by atoms with Crippen molar-refractivity contribution >= 4 is 34.7 Å². The van der Waals surface area contributed by atoms with Gasteiger partial charge in [-0.05, 0) is 31.3 Å². The van der Waals surface area contributed by atoms with Crippen LogP contribution < -0.4 is 10.6 Å². The van der Waals surface area contributed by atoms with Crippen LogP contribution >= 0.6 is 23.8 Å². The van der Waals surface area contributed by atoms with E-state index >= 15 is 0 Å². The molecule has 0 aliphatic rings. The molecule has 0 bridgehead atoms. The predicted octanol–water partition coefficient (Wildman–Crippen LogP) is 2.04. The molecule has 13 heavy (non-hydrogen) atoms. The van der Waals surface area contributed by atoms with E-state index in [0.717, 1.165) is 6.54 Å². The second-order valence-corrected chi connectivity index (χ2v) is 3.19. The second kappa shape index (κ2) is 4.99. The lowest BCUT2D eigenvalue weighted by Gasteiger charge is -2.06. The van der Waals surface area contributed by atoms with Gasteiger partial charge in [-0.3, -0.25) is 0 Å². The average Bonchev–Trinajstić information content (AvgIpc) is 2.09. The van der Waals surface area contributed by atoms with Crippen molar-refractivity contribution in [2.45, 2.75) is 6.92 Å². The van der Waals surface area contributed by atoms with Crippen LogP contribution in [0.15, 0.2) is 18.3 Å². The molecule has 0 spiro atoms. The number of anilines is 1. The van der Waals surface area contributed by atoms with E-state index in [4.69, 9.17) is 23.8 Å². The Bertz CT molecular complexity index is 286. The van der Waals surface area contributed by atoms with Gasteiger partial charge in [-0.1, -0.05) is 11.6 Å². The molecule has 0 saturated carbocycles. The van der Waals surface area contributed by atoms with Crippen LogP contribution in [-0.4, -0.2) is 16.6 Å².